The number of halogens is 3. The van der Waals surface area contributed by atoms with Crippen molar-refractivity contribution in [3.8, 4) is 0 Å². The molecule has 0 saturated carbocycles. The molecular weight excluding hydrogens is 325 g/mol. The summed E-state index contributed by atoms with van der Waals surface area (Å²) in [6.07, 6.45) is 3.55. The summed E-state index contributed by atoms with van der Waals surface area (Å²) in [4.78, 5) is 4.04. The number of aryl methyl sites for hydroxylation is 1. The van der Waals surface area contributed by atoms with Gasteiger partial charge in [0.05, 0.1) is 34.3 Å². The smallest absolute Gasteiger partial charge is 0.0946 e. The summed E-state index contributed by atoms with van der Waals surface area (Å²) in [5.41, 5.74) is 1.79. The van der Waals surface area contributed by atoms with Crippen molar-refractivity contribution in [1.29, 1.82) is 0 Å². The van der Waals surface area contributed by atoms with Gasteiger partial charge in [0.2, 0.25) is 0 Å². The fourth-order valence-electron chi connectivity index (χ4n) is 1.44. The van der Waals surface area contributed by atoms with E-state index in [0.29, 0.717) is 16.6 Å². The Hall–Kier alpha value is -0.710. The van der Waals surface area contributed by atoms with Crippen LogP contribution in [0.25, 0.3) is 0 Å². The first-order chi connectivity index (χ1) is 8.08. The van der Waals surface area contributed by atoms with E-state index in [9.17, 15) is 0 Å². The van der Waals surface area contributed by atoms with Crippen molar-refractivity contribution in [3.63, 3.8) is 0 Å². The van der Waals surface area contributed by atoms with Crippen molar-refractivity contribution in [2.45, 2.75) is 6.54 Å². The van der Waals surface area contributed by atoms with Crippen LogP contribution < -0.4 is 5.32 Å². The van der Waals surface area contributed by atoms with Crippen molar-refractivity contribution in [2.24, 2.45) is 7.05 Å². The lowest BCUT2D eigenvalue weighted by Gasteiger charge is -2.11. The first kappa shape index (κ1) is 12.7. The molecule has 0 aliphatic carbocycles. The summed E-state index contributed by atoms with van der Waals surface area (Å²) in [6.45, 7) is 0.623. The summed E-state index contributed by atoms with van der Waals surface area (Å²) < 4.78 is 2.80. The topological polar surface area (TPSA) is 29.9 Å². The second-order valence-corrected chi connectivity index (χ2v) is 5.32. The third-order valence-electron chi connectivity index (χ3n) is 2.37. The van der Waals surface area contributed by atoms with Crippen LogP contribution in [-0.4, -0.2) is 9.55 Å². The van der Waals surface area contributed by atoms with Crippen LogP contribution in [0.2, 0.25) is 10.0 Å². The van der Waals surface area contributed by atoms with Gasteiger partial charge >= 0.3 is 0 Å². The van der Waals surface area contributed by atoms with Gasteiger partial charge in [0.1, 0.15) is 0 Å². The number of hydrogen-bond donors (Lipinski definition) is 1. The van der Waals surface area contributed by atoms with E-state index in [1.165, 1.54) is 0 Å². The quantitative estimate of drug-likeness (QED) is 0.915. The van der Waals surface area contributed by atoms with Gasteiger partial charge in [-0.25, -0.2) is 4.98 Å². The largest absolute Gasteiger partial charge is 0.377 e. The fraction of sp³-hybridized carbons (Fsp3) is 0.182. The Morgan fingerprint density at radius 1 is 1.35 bits per heavy atom. The molecule has 0 aliphatic rings. The Kier molecular flexibility index (Phi) is 3.97. The van der Waals surface area contributed by atoms with Crippen molar-refractivity contribution in [1.82, 2.24) is 9.55 Å². The second kappa shape index (κ2) is 5.29. The third-order valence-corrected chi connectivity index (χ3v) is 3.42. The van der Waals surface area contributed by atoms with Crippen LogP contribution in [0.1, 0.15) is 5.69 Å². The third kappa shape index (κ3) is 2.94. The van der Waals surface area contributed by atoms with Crippen molar-refractivity contribution in [3.05, 3.63) is 44.9 Å². The molecule has 1 aromatic heterocycles. The van der Waals surface area contributed by atoms with Gasteiger partial charge in [0, 0.05) is 17.7 Å². The number of imidazole rings is 1. The molecule has 0 bridgehead atoms. The minimum Gasteiger partial charge on any atom is -0.377 e. The number of rotatable bonds is 3. The van der Waals surface area contributed by atoms with E-state index >= 15 is 0 Å². The average molecular weight is 335 g/mol. The Morgan fingerprint density at radius 2 is 2.00 bits per heavy atom. The zero-order valence-electron chi connectivity index (χ0n) is 9.04. The number of hydrogen-bond acceptors (Lipinski definition) is 2. The minimum absolute atomic E-state index is 0.589. The monoisotopic (exact) mass is 333 g/mol. The maximum Gasteiger partial charge on any atom is 0.0946 e. The van der Waals surface area contributed by atoms with Crippen molar-refractivity contribution < 1.29 is 0 Å². The molecular formula is C11H10BrCl2N3. The standard InChI is InChI=1S/C11H10BrCl2N3/c1-17-6-15-4-8(17)5-16-11-9(13)2-7(12)3-10(11)14/h2-4,6,16H,5H2,1H3. The molecule has 0 atom stereocenters. The zero-order chi connectivity index (χ0) is 12.4. The Bertz CT molecular complexity index is 516. The van der Waals surface area contributed by atoms with Crippen LogP contribution in [-0.2, 0) is 13.6 Å². The van der Waals surface area contributed by atoms with E-state index in [4.69, 9.17) is 23.2 Å². The predicted molar refractivity (Wildman–Crippen MR) is 74.7 cm³/mol. The SMILES string of the molecule is Cn1cncc1CNc1c(Cl)cc(Br)cc1Cl. The molecule has 0 spiro atoms. The van der Waals surface area contributed by atoms with E-state index in [2.05, 4.69) is 26.2 Å². The molecule has 0 fully saturated rings. The number of anilines is 1. The maximum atomic E-state index is 6.12. The van der Waals surface area contributed by atoms with Gasteiger partial charge < -0.3 is 9.88 Å². The summed E-state index contributed by atoms with van der Waals surface area (Å²) in [7, 11) is 1.94. The lowest BCUT2D eigenvalue weighted by atomic mass is 10.3. The van der Waals surface area contributed by atoms with Crippen LogP contribution in [0.15, 0.2) is 29.1 Å². The second-order valence-electron chi connectivity index (χ2n) is 3.59. The van der Waals surface area contributed by atoms with E-state index < -0.39 is 0 Å². The molecule has 0 amide bonds. The summed E-state index contributed by atoms with van der Waals surface area (Å²) in [5.74, 6) is 0. The average Bonchev–Trinajstić information content (AvgIpc) is 2.62. The Balaban J connectivity index is 2.17. The lowest BCUT2D eigenvalue weighted by molar-refractivity contribution is 0.837. The number of benzene rings is 1. The zero-order valence-corrected chi connectivity index (χ0v) is 12.1. The van der Waals surface area contributed by atoms with Gasteiger partial charge in [0.15, 0.2) is 0 Å². The molecule has 0 radical (unpaired) electrons. The molecule has 1 heterocycles. The molecule has 1 N–H and O–H groups in total. The molecule has 2 rings (SSSR count). The molecule has 0 aliphatic heterocycles. The highest BCUT2D eigenvalue weighted by molar-refractivity contribution is 9.10. The van der Waals surface area contributed by atoms with Crippen LogP contribution in [0.4, 0.5) is 5.69 Å². The van der Waals surface area contributed by atoms with Crippen LogP contribution in [0.5, 0.6) is 0 Å². The van der Waals surface area contributed by atoms with Gasteiger partial charge in [-0.15, -0.1) is 0 Å². The normalized spacial score (nSPS) is 10.6. The van der Waals surface area contributed by atoms with Crippen molar-refractivity contribution in [2.75, 3.05) is 5.32 Å². The molecule has 0 unspecified atom stereocenters. The van der Waals surface area contributed by atoms with Gasteiger partial charge in [0.25, 0.3) is 0 Å². The number of aromatic nitrogens is 2. The van der Waals surface area contributed by atoms with E-state index in [1.54, 1.807) is 24.7 Å². The fourth-order valence-corrected chi connectivity index (χ4v) is 2.79. The van der Waals surface area contributed by atoms with Gasteiger partial charge in [-0.3, -0.25) is 0 Å². The Labute approximate surface area is 118 Å². The molecule has 0 saturated heterocycles. The minimum atomic E-state index is 0.589. The highest BCUT2D eigenvalue weighted by Gasteiger charge is 2.08. The summed E-state index contributed by atoms with van der Waals surface area (Å²) in [5, 5.41) is 4.38. The van der Waals surface area contributed by atoms with Gasteiger partial charge in [-0.1, -0.05) is 39.1 Å². The molecule has 3 nitrogen and oxygen atoms in total. The van der Waals surface area contributed by atoms with Crippen LogP contribution in [0.3, 0.4) is 0 Å². The van der Waals surface area contributed by atoms with Gasteiger partial charge in [-0.05, 0) is 12.1 Å². The molecule has 2 aromatic rings. The Morgan fingerprint density at radius 3 is 2.53 bits per heavy atom. The number of nitrogens with zero attached hydrogens (tertiary/aromatic N) is 2. The van der Waals surface area contributed by atoms with E-state index in [-0.39, 0.29) is 0 Å². The highest BCUT2D eigenvalue weighted by atomic mass is 79.9. The van der Waals surface area contributed by atoms with Crippen LogP contribution >= 0.6 is 39.1 Å². The lowest BCUT2D eigenvalue weighted by Crippen LogP contribution is -2.04. The molecule has 1 aromatic carbocycles. The van der Waals surface area contributed by atoms with Gasteiger partial charge in [-0.2, -0.15) is 0 Å². The van der Waals surface area contributed by atoms with E-state index in [1.807, 2.05) is 11.6 Å². The predicted octanol–water partition coefficient (Wildman–Crippen LogP) is 4.10. The molecule has 17 heavy (non-hydrogen) atoms. The summed E-state index contributed by atoms with van der Waals surface area (Å²) in [6, 6.07) is 3.61. The molecule has 90 valence electrons. The van der Waals surface area contributed by atoms with E-state index in [0.717, 1.165) is 15.9 Å². The van der Waals surface area contributed by atoms with Crippen molar-refractivity contribution >= 4 is 44.8 Å². The maximum absolute atomic E-state index is 6.12. The molecule has 6 heteroatoms. The summed E-state index contributed by atoms with van der Waals surface area (Å²) >= 11 is 15.6. The number of nitrogens with one attached hydrogen (secondary N) is 1. The first-order valence-electron chi connectivity index (χ1n) is 4.91. The first-order valence-corrected chi connectivity index (χ1v) is 6.46. The highest BCUT2D eigenvalue weighted by Crippen LogP contribution is 2.33. The van der Waals surface area contributed by atoms with Crippen LogP contribution in [0, 0.1) is 0 Å².